The molecule has 148 valence electrons. The summed E-state index contributed by atoms with van der Waals surface area (Å²) in [4.78, 5) is 38.5. The highest BCUT2D eigenvalue weighted by molar-refractivity contribution is 5.95. The molecule has 1 heterocycles. The zero-order chi connectivity index (χ0) is 19.8. The second-order valence-corrected chi connectivity index (χ2v) is 6.87. The first-order valence-electron chi connectivity index (χ1n) is 9.45. The zero-order valence-electron chi connectivity index (χ0n) is 16.3. The number of amides is 2. The number of hydrogen-bond donors (Lipinski definition) is 2. The number of nitrogens with zero attached hydrogens (tertiary/aromatic N) is 1. The first-order valence-corrected chi connectivity index (χ1v) is 9.45. The number of carbonyl (C=O) groups excluding carboxylic acids is 3. The number of carbonyl (C=O) groups is 3. The normalized spacial score (nSPS) is 17.3. The third kappa shape index (κ3) is 6.06. The van der Waals surface area contributed by atoms with Gasteiger partial charge in [0.1, 0.15) is 6.04 Å². The minimum absolute atomic E-state index is 0.0494. The fourth-order valence-electron chi connectivity index (χ4n) is 3.10. The molecule has 0 spiro atoms. The molecule has 2 N–H and O–H groups in total. The molecule has 1 atom stereocenters. The third-order valence-electron chi connectivity index (χ3n) is 4.65. The van der Waals surface area contributed by atoms with Gasteiger partial charge < -0.3 is 15.4 Å². The van der Waals surface area contributed by atoms with Crippen molar-refractivity contribution in [3.05, 3.63) is 29.3 Å². The molecule has 7 heteroatoms. The maximum absolute atomic E-state index is 12.5. The van der Waals surface area contributed by atoms with Crippen LogP contribution in [0.3, 0.4) is 0 Å². The van der Waals surface area contributed by atoms with E-state index < -0.39 is 12.0 Å². The molecule has 1 unspecified atom stereocenters. The summed E-state index contributed by atoms with van der Waals surface area (Å²) in [6.45, 7) is 7.26. The predicted molar refractivity (Wildman–Crippen MR) is 103 cm³/mol. The maximum atomic E-state index is 12.5. The van der Waals surface area contributed by atoms with Crippen LogP contribution in [0, 0.1) is 13.8 Å². The summed E-state index contributed by atoms with van der Waals surface area (Å²) in [5.74, 6) is -0.856. The molecular weight excluding hydrogens is 346 g/mol. The van der Waals surface area contributed by atoms with E-state index in [1.54, 1.807) is 4.90 Å². The third-order valence-corrected chi connectivity index (χ3v) is 4.65. The Balaban J connectivity index is 1.98. The van der Waals surface area contributed by atoms with E-state index >= 15 is 0 Å². The van der Waals surface area contributed by atoms with Crippen molar-refractivity contribution in [2.45, 2.75) is 46.1 Å². The van der Waals surface area contributed by atoms with E-state index in [0.29, 0.717) is 19.7 Å². The van der Waals surface area contributed by atoms with E-state index in [1.807, 2.05) is 39.0 Å². The van der Waals surface area contributed by atoms with E-state index in [4.69, 9.17) is 4.74 Å². The highest BCUT2D eigenvalue weighted by Gasteiger charge is 2.33. The minimum atomic E-state index is -0.684. The minimum Gasteiger partial charge on any atom is -0.466 e. The second kappa shape index (κ2) is 10.1. The molecule has 0 saturated carbocycles. The molecule has 7 nitrogen and oxygen atoms in total. The van der Waals surface area contributed by atoms with Gasteiger partial charge in [0.05, 0.1) is 19.6 Å². The quantitative estimate of drug-likeness (QED) is 0.534. The molecule has 1 fully saturated rings. The number of aryl methyl sites for hydroxylation is 2. The number of nitrogens with one attached hydrogen (secondary N) is 2. The van der Waals surface area contributed by atoms with Crippen LogP contribution < -0.4 is 10.6 Å². The van der Waals surface area contributed by atoms with Crippen LogP contribution in [0.5, 0.6) is 0 Å². The average Bonchev–Trinajstić information content (AvgIpc) is 2.61. The van der Waals surface area contributed by atoms with Gasteiger partial charge in [0.2, 0.25) is 11.8 Å². The SMILES string of the molecule is CCCCOC(=O)CC1C(=O)NCCN1CC(=O)Nc1c(C)cccc1C. The largest absolute Gasteiger partial charge is 0.466 e. The first-order chi connectivity index (χ1) is 12.9. The summed E-state index contributed by atoms with van der Waals surface area (Å²) in [6.07, 6.45) is 1.68. The monoisotopic (exact) mass is 375 g/mol. The van der Waals surface area contributed by atoms with Gasteiger partial charge in [-0.1, -0.05) is 31.5 Å². The molecule has 1 aliphatic rings. The van der Waals surface area contributed by atoms with Crippen molar-refractivity contribution in [2.75, 3.05) is 31.6 Å². The molecule has 1 aromatic carbocycles. The lowest BCUT2D eigenvalue weighted by atomic mass is 10.1. The number of benzene rings is 1. The number of piperazine rings is 1. The van der Waals surface area contributed by atoms with Gasteiger partial charge in [-0.25, -0.2) is 0 Å². The maximum Gasteiger partial charge on any atom is 0.307 e. The molecule has 1 aliphatic heterocycles. The number of rotatable bonds is 8. The van der Waals surface area contributed by atoms with E-state index in [-0.39, 0.29) is 24.8 Å². The van der Waals surface area contributed by atoms with Gasteiger partial charge in [-0.15, -0.1) is 0 Å². The Bertz CT molecular complexity index is 670. The Morgan fingerprint density at radius 2 is 2.00 bits per heavy atom. The van der Waals surface area contributed by atoms with Gasteiger partial charge in [-0.2, -0.15) is 0 Å². The summed E-state index contributed by atoms with van der Waals surface area (Å²) >= 11 is 0. The van der Waals surface area contributed by atoms with Crippen LogP contribution in [-0.4, -0.2) is 55.0 Å². The van der Waals surface area contributed by atoms with Crippen LogP contribution in [0.4, 0.5) is 5.69 Å². The van der Waals surface area contributed by atoms with Crippen molar-refractivity contribution in [3.8, 4) is 0 Å². The Kier molecular flexibility index (Phi) is 7.79. The van der Waals surface area contributed by atoms with Gasteiger partial charge in [0.25, 0.3) is 0 Å². The van der Waals surface area contributed by atoms with E-state index in [9.17, 15) is 14.4 Å². The summed E-state index contributed by atoms with van der Waals surface area (Å²) in [5.41, 5.74) is 2.76. The number of ether oxygens (including phenoxy) is 1. The molecule has 0 aromatic heterocycles. The molecule has 2 rings (SSSR count). The van der Waals surface area contributed by atoms with Crippen LogP contribution in [0.2, 0.25) is 0 Å². The molecular formula is C20H29N3O4. The Hall–Kier alpha value is -2.41. The summed E-state index contributed by atoms with van der Waals surface area (Å²) in [5, 5.41) is 5.68. The lowest BCUT2D eigenvalue weighted by Crippen LogP contribution is -2.57. The number of esters is 1. The smallest absolute Gasteiger partial charge is 0.307 e. The van der Waals surface area contributed by atoms with Crippen molar-refractivity contribution in [1.82, 2.24) is 10.2 Å². The topological polar surface area (TPSA) is 87.7 Å². The highest BCUT2D eigenvalue weighted by Crippen LogP contribution is 2.19. The molecule has 1 aromatic rings. The van der Waals surface area contributed by atoms with Gasteiger partial charge >= 0.3 is 5.97 Å². The summed E-state index contributed by atoms with van der Waals surface area (Å²) in [6, 6.07) is 5.13. The van der Waals surface area contributed by atoms with Crippen molar-refractivity contribution >= 4 is 23.5 Å². The zero-order valence-corrected chi connectivity index (χ0v) is 16.3. The average molecular weight is 375 g/mol. The predicted octanol–water partition coefficient (Wildman–Crippen LogP) is 1.78. The number of para-hydroxylation sites is 1. The highest BCUT2D eigenvalue weighted by atomic mass is 16.5. The van der Waals surface area contributed by atoms with E-state index in [2.05, 4.69) is 10.6 Å². The first kappa shape index (κ1) is 20.9. The standard InChI is InChI=1S/C20H29N3O4/c1-4-5-11-27-18(25)12-16-20(26)21-9-10-23(16)13-17(24)22-19-14(2)7-6-8-15(19)3/h6-8,16H,4-5,9-13H2,1-3H3,(H,21,26)(H,22,24). The molecule has 0 radical (unpaired) electrons. The van der Waals surface area contributed by atoms with E-state index in [0.717, 1.165) is 29.7 Å². The van der Waals surface area contributed by atoms with Crippen molar-refractivity contribution < 1.29 is 19.1 Å². The Morgan fingerprint density at radius 3 is 2.67 bits per heavy atom. The van der Waals surface area contributed by atoms with Gasteiger partial charge in [0.15, 0.2) is 0 Å². The number of unbranched alkanes of at least 4 members (excludes halogenated alkanes) is 1. The molecule has 0 bridgehead atoms. The lowest BCUT2D eigenvalue weighted by Gasteiger charge is -2.34. The van der Waals surface area contributed by atoms with Crippen LogP contribution in [-0.2, 0) is 19.1 Å². The molecule has 27 heavy (non-hydrogen) atoms. The lowest BCUT2D eigenvalue weighted by molar-refractivity contribution is -0.149. The van der Waals surface area contributed by atoms with Crippen LogP contribution in [0.1, 0.15) is 37.3 Å². The number of hydrogen-bond acceptors (Lipinski definition) is 5. The Morgan fingerprint density at radius 1 is 1.30 bits per heavy atom. The molecule has 1 saturated heterocycles. The van der Waals surface area contributed by atoms with Gasteiger partial charge in [-0.3, -0.25) is 19.3 Å². The fraction of sp³-hybridized carbons (Fsp3) is 0.550. The number of anilines is 1. The van der Waals surface area contributed by atoms with Crippen LogP contribution in [0.25, 0.3) is 0 Å². The van der Waals surface area contributed by atoms with Crippen molar-refractivity contribution in [2.24, 2.45) is 0 Å². The summed E-state index contributed by atoms with van der Waals surface area (Å²) in [7, 11) is 0. The van der Waals surface area contributed by atoms with E-state index in [1.165, 1.54) is 0 Å². The fourth-order valence-corrected chi connectivity index (χ4v) is 3.10. The van der Waals surface area contributed by atoms with Gasteiger partial charge in [0, 0.05) is 18.8 Å². The van der Waals surface area contributed by atoms with Crippen molar-refractivity contribution in [3.63, 3.8) is 0 Å². The summed E-state index contributed by atoms with van der Waals surface area (Å²) < 4.78 is 5.17. The Labute approximate surface area is 160 Å². The van der Waals surface area contributed by atoms with Crippen LogP contribution >= 0.6 is 0 Å². The van der Waals surface area contributed by atoms with Crippen LogP contribution in [0.15, 0.2) is 18.2 Å². The van der Waals surface area contributed by atoms with Crippen molar-refractivity contribution in [1.29, 1.82) is 0 Å². The van der Waals surface area contributed by atoms with Gasteiger partial charge in [-0.05, 0) is 31.4 Å². The second-order valence-electron chi connectivity index (χ2n) is 6.87. The molecule has 2 amide bonds. The molecule has 0 aliphatic carbocycles.